The van der Waals surface area contributed by atoms with Crippen molar-refractivity contribution in [2.75, 3.05) is 0 Å². The Hall–Kier alpha value is -2.66. The van der Waals surface area contributed by atoms with Gasteiger partial charge < -0.3 is 0 Å². The summed E-state index contributed by atoms with van der Waals surface area (Å²) in [6.07, 6.45) is -5.80. The zero-order valence-electron chi connectivity index (χ0n) is 8.51. The molecule has 0 aromatic carbocycles. The second-order valence-electron chi connectivity index (χ2n) is 3.03. The van der Waals surface area contributed by atoms with Crippen LogP contribution in [-0.2, 0) is 12.6 Å². The van der Waals surface area contributed by atoms with Crippen LogP contribution in [0.1, 0.15) is 22.5 Å². The fraction of sp³-hybridized carbons (Fsp3) is 0.200. The Kier molecular flexibility index (Phi) is 3.49. The van der Waals surface area contributed by atoms with Gasteiger partial charge in [-0.1, -0.05) is 0 Å². The predicted octanol–water partition coefficient (Wildman–Crippen LogP) is 2.05. The molecule has 0 amide bonds. The van der Waals surface area contributed by atoms with E-state index in [4.69, 9.17) is 15.8 Å². The molecule has 18 heavy (non-hydrogen) atoms. The summed E-state index contributed by atoms with van der Waals surface area (Å²) in [4.78, 5) is 2.83. The number of rotatable bonds is 1. The second kappa shape index (κ2) is 4.68. The van der Waals surface area contributed by atoms with E-state index in [0.29, 0.717) is 0 Å². The van der Waals surface area contributed by atoms with Gasteiger partial charge in [0.05, 0.1) is 18.1 Å². The van der Waals surface area contributed by atoms with Crippen molar-refractivity contribution in [2.45, 2.75) is 12.6 Å². The Balaban J connectivity index is 3.78. The summed E-state index contributed by atoms with van der Waals surface area (Å²) in [6, 6.07) is 3.75. The summed E-state index contributed by atoms with van der Waals surface area (Å²) >= 11 is 0. The maximum absolute atomic E-state index is 13.4. The summed E-state index contributed by atoms with van der Waals surface area (Å²) in [6.45, 7) is 0. The van der Waals surface area contributed by atoms with Gasteiger partial charge in [-0.3, -0.25) is 0 Å². The van der Waals surface area contributed by atoms with Crippen LogP contribution in [0.2, 0.25) is 0 Å². The predicted molar refractivity (Wildman–Crippen MR) is 47.9 cm³/mol. The molecule has 0 radical (unpaired) electrons. The van der Waals surface area contributed by atoms with E-state index in [2.05, 4.69) is 4.98 Å². The molecule has 0 fully saturated rings. The van der Waals surface area contributed by atoms with Crippen LogP contribution in [0.3, 0.4) is 0 Å². The number of nitriles is 3. The highest BCUT2D eigenvalue weighted by atomic mass is 19.4. The van der Waals surface area contributed by atoms with Gasteiger partial charge in [-0.15, -0.1) is 0 Å². The van der Waals surface area contributed by atoms with Crippen molar-refractivity contribution >= 4 is 0 Å². The molecule has 0 bridgehead atoms. The van der Waals surface area contributed by atoms with E-state index in [1.807, 2.05) is 0 Å². The molecule has 0 unspecified atom stereocenters. The van der Waals surface area contributed by atoms with Crippen molar-refractivity contribution in [2.24, 2.45) is 0 Å². The third kappa shape index (κ3) is 2.21. The van der Waals surface area contributed by atoms with Crippen molar-refractivity contribution in [1.29, 1.82) is 15.8 Å². The highest BCUT2D eigenvalue weighted by Crippen LogP contribution is 2.33. The standard InChI is InChI=1S/C10H2F4N4/c11-8-6(3-16)5(1-2-15)9(10(12,13)14)18-7(8)4-17/h1H2. The van der Waals surface area contributed by atoms with Crippen LogP contribution in [0.15, 0.2) is 0 Å². The van der Waals surface area contributed by atoms with Crippen LogP contribution >= 0.6 is 0 Å². The van der Waals surface area contributed by atoms with Crippen LogP contribution < -0.4 is 0 Å². The molecular weight excluding hydrogens is 252 g/mol. The lowest BCUT2D eigenvalue weighted by Crippen LogP contribution is -2.16. The molecule has 0 aliphatic heterocycles. The zero-order chi connectivity index (χ0) is 13.9. The van der Waals surface area contributed by atoms with Gasteiger partial charge in [0.2, 0.25) is 0 Å². The van der Waals surface area contributed by atoms with Gasteiger partial charge in [-0.25, -0.2) is 9.37 Å². The molecule has 1 heterocycles. The minimum absolute atomic E-state index is 0.826. The van der Waals surface area contributed by atoms with Crippen LogP contribution in [0.4, 0.5) is 17.6 Å². The molecule has 0 spiro atoms. The van der Waals surface area contributed by atoms with Crippen molar-refractivity contribution in [3.05, 3.63) is 28.3 Å². The molecule has 0 aliphatic carbocycles. The van der Waals surface area contributed by atoms with Gasteiger partial charge >= 0.3 is 6.18 Å². The average molecular weight is 254 g/mol. The number of hydrogen-bond donors (Lipinski definition) is 0. The van der Waals surface area contributed by atoms with Gasteiger partial charge in [-0.2, -0.15) is 29.0 Å². The minimum atomic E-state index is -4.98. The number of pyridine rings is 1. The molecule has 1 rings (SSSR count). The molecule has 4 nitrogen and oxygen atoms in total. The van der Waals surface area contributed by atoms with E-state index in [-0.39, 0.29) is 0 Å². The Labute approximate surface area is 98.3 Å². The summed E-state index contributed by atoms with van der Waals surface area (Å²) in [5.74, 6) is -1.45. The first-order valence-corrected chi connectivity index (χ1v) is 4.33. The second-order valence-corrected chi connectivity index (χ2v) is 3.03. The van der Waals surface area contributed by atoms with Crippen LogP contribution in [0.25, 0.3) is 0 Å². The molecule has 1 aromatic heterocycles. The SMILES string of the molecule is N#CCc1c(C(F)(F)F)nc(C#N)c(F)c1C#N. The Morgan fingerprint density at radius 1 is 1.11 bits per heavy atom. The first kappa shape index (κ1) is 13.4. The number of aromatic nitrogens is 1. The van der Waals surface area contributed by atoms with Crippen molar-refractivity contribution < 1.29 is 17.6 Å². The largest absolute Gasteiger partial charge is 0.433 e. The van der Waals surface area contributed by atoms with Crippen LogP contribution in [0.5, 0.6) is 0 Å². The topological polar surface area (TPSA) is 84.3 Å². The maximum Gasteiger partial charge on any atom is 0.433 e. The van der Waals surface area contributed by atoms with E-state index in [9.17, 15) is 17.6 Å². The molecule has 0 atom stereocenters. The van der Waals surface area contributed by atoms with Gasteiger partial charge in [0.15, 0.2) is 17.2 Å². The number of halogens is 4. The van der Waals surface area contributed by atoms with Crippen molar-refractivity contribution in [3.63, 3.8) is 0 Å². The lowest BCUT2D eigenvalue weighted by atomic mass is 10.0. The van der Waals surface area contributed by atoms with Crippen molar-refractivity contribution in [3.8, 4) is 18.2 Å². The van der Waals surface area contributed by atoms with Gasteiger partial charge in [0.1, 0.15) is 12.1 Å². The third-order valence-corrected chi connectivity index (χ3v) is 1.98. The van der Waals surface area contributed by atoms with Gasteiger partial charge in [0, 0.05) is 5.56 Å². The highest BCUT2D eigenvalue weighted by molar-refractivity contribution is 5.47. The number of nitrogens with zero attached hydrogens (tertiary/aromatic N) is 4. The fourth-order valence-electron chi connectivity index (χ4n) is 1.27. The highest BCUT2D eigenvalue weighted by Gasteiger charge is 2.38. The molecule has 90 valence electrons. The molecule has 1 aromatic rings. The first-order valence-electron chi connectivity index (χ1n) is 4.33. The van der Waals surface area contributed by atoms with E-state index in [1.54, 1.807) is 0 Å². The monoisotopic (exact) mass is 254 g/mol. The Bertz CT molecular complexity index is 613. The average Bonchev–Trinajstić information content (AvgIpc) is 2.28. The first-order chi connectivity index (χ1) is 8.36. The van der Waals surface area contributed by atoms with E-state index < -0.39 is 40.9 Å². The Morgan fingerprint density at radius 2 is 1.72 bits per heavy atom. The zero-order valence-corrected chi connectivity index (χ0v) is 8.51. The normalized spacial score (nSPS) is 10.3. The lowest BCUT2D eigenvalue weighted by Gasteiger charge is -2.12. The maximum atomic E-state index is 13.4. The summed E-state index contributed by atoms with van der Waals surface area (Å²) in [7, 11) is 0. The van der Waals surface area contributed by atoms with E-state index in [1.165, 1.54) is 12.1 Å². The van der Waals surface area contributed by atoms with E-state index in [0.717, 1.165) is 6.07 Å². The lowest BCUT2D eigenvalue weighted by molar-refractivity contribution is -0.141. The molecule has 8 heteroatoms. The molecular formula is C10H2F4N4. The van der Waals surface area contributed by atoms with Crippen molar-refractivity contribution in [1.82, 2.24) is 4.98 Å². The Morgan fingerprint density at radius 3 is 2.11 bits per heavy atom. The van der Waals surface area contributed by atoms with Gasteiger partial charge in [0.25, 0.3) is 0 Å². The van der Waals surface area contributed by atoms with Gasteiger partial charge in [-0.05, 0) is 0 Å². The van der Waals surface area contributed by atoms with E-state index >= 15 is 0 Å². The molecule has 0 aliphatic rings. The fourth-order valence-corrected chi connectivity index (χ4v) is 1.27. The molecule has 0 N–H and O–H groups in total. The summed E-state index contributed by atoms with van der Waals surface area (Å²) in [5.41, 5.74) is -4.54. The minimum Gasteiger partial charge on any atom is -0.229 e. The number of alkyl halides is 3. The molecule has 0 saturated heterocycles. The number of hydrogen-bond acceptors (Lipinski definition) is 4. The summed E-state index contributed by atoms with van der Waals surface area (Å²) < 4.78 is 51.3. The van der Waals surface area contributed by atoms with Crippen LogP contribution in [-0.4, -0.2) is 4.98 Å². The molecule has 0 saturated carbocycles. The smallest absolute Gasteiger partial charge is 0.229 e. The van der Waals surface area contributed by atoms with Crippen LogP contribution in [0, 0.1) is 39.8 Å². The quantitative estimate of drug-likeness (QED) is 0.718. The third-order valence-electron chi connectivity index (χ3n) is 1.98. The summed E-state index contributed by atoms with van der Waals surface area (Å²) in [5, 5.41) is 25.5.